The number of H-pyrrole nitrogens is 1. The molecule has 3 rings (SSSR count). The van der Waals surface area contributed by atoms with Crippen LogP contribution < -0.4 is 5.56 Å². The van der Waals surface area contributed by atoms with Crippen molar-refractivity contribution >= 4 is 35.7 Å². The zero-order valence-electron chi connectivity index (χ0n) is 14.5. The Bertz CT molecular complexity index is 1180. The molecule has 0 amide bonds. The summed E-state index contributed by atoms with van der Waals surface area (Å²) in [5.74, 6) is -1.02. The van der Waals surface area contributed by atoms with Crippen LogP contribution in [0, 0.1) is 24.4 Å². The zero-order valence-corrected chi connectivity index (χ0v) is 16.0. The number of aryl methyl sites for hydroxylation is 2. The molecule has 0 fully saturated rings. The van der Waals surface area contributed by atoms with Crippen molar-refractivity contribution < 1.29 is 9.50 Å². The molecule has 2 N–H and O–H groups in total. The third kappa shape index (κ3) is 3.84. The normalized spacial score (nSPS) is 11.3. The smallest absolute Gasteiger partial charge is 0.264 e. The Kier molecular flexibility index (Phi) is 5.25. The minimum atomic E-state index is -0.604. The summed E-state index contributed by atoms with van der Waals surface area (Å²) in [4.78, 5) is 19.1. The summed E-state index contributed by atoms with van der Waals surface area (Å²) in [6.45, 7) is 3.82. The maximum atomic E-state index is 13.4. The minimum absolute atomic E-state index is 0.0518. The third-order valence-electron chi connectivity index (χ3n) is 3.98. The van der Waals surface area contributed by atoms with Crippen LogP contribution in [-0.2, 0) is 0 Å². The fourth-order valence-corrected chi connectivity index (χ4v) is 2.97. The molecule has 0 saturated heterocycles. The lowest BCUT2D eigenvalue weighted by Crippen LogP contribution is -2.18. The fraction of sp³-hybridized carbons (Fsp3) is 0.105. The molecule has 8 heteroatoms. The van der Waals surface area contributed by atoms with E-state index in [-0.39, 0.29) is 15.4 Å². The molecule has 3 aromatic rings. The third-order valence-corrected chi connectivity index (χ3v) is 4.55. The van der Waals surface area contributed by atoms with Gasteiger partial charge in [0, 0.05) is 6.21 Å². The van der Waals surface area contributed by atoms with Crippen LogP contribution in [0.4, 0.5) is 10.1 Å². The van der Waals surface area contributed by atoms with Gasteiger partial charge in [-0.3, -0.25) is 19.3 Å². The molecule has 138 valence electrons. The Hall–Kier alpha value is -2.77. The van der Waals surface area contributed by atoms with Gasteiger partial charge in [-0.15, -0.1) is 0 Å². The van der Waals surface area contributed by atoms with Crippen LogP contribution in [0.25, 0.3) is 5.69 Å². The minimum Gasteiger partial charge on any atom is -0.494 e. The molecule has 1 heterocycles. The molecule has 0 bridgehead atoms. The van der Waals surface area contributed by atoms with Crippen molar-refractivity contribution in [1.29, 1.82) is 0 Å². The van der Waals surface area contributed by atoms with E-state index in [1.807, 2.05) is 32.0 Å². The second-order valence-corrected chi connectivity index (χ2v) is 6.77. The monoisotopic (exact) mass is 403 g/mol. The number of halogens is 2. The Morgan fingerprint density at radius 1 is 1.26 bits per heavy atom. The molecule has 5 nitrogen and oxygen atoms in total. The van der Waals surface area contributed by atoms with Crippen molar-refractivity contribution in [3.8, 4) is 11.6 Å². The van der Waals surface area contributed by atoms with Crippen molar-refractivity contribution in [3.05, 3.63) is 79.1 Å². The van der Waals surface area contributed by atoms with Gasteiger partial charge in [-0.1, -0.05) is 23.7 Å². The van der Waals surface area contributed by atoms with E-state index in [2.05, 4.69) is 9.98 Å². The van der Waals surface area contributed by atoms with Crippen molar-refractivity contribution in [3.63, 3.8) is 0 Å². The van der Waals surface area contributed by atoms with E-state index in [0.717, 1.165) is 17.2 Å². The van der Waals surface area contributed by atoms with Gasteiger partial charge >= 0.3 is 0 Å². The predicted octanol–water partition coefficient (Wildman–Crippen LogP) is 4.76. The van der Waals surface area contributed by atoms with Crippen LogP contribution in [0.2, 0.25) is 5.02 Å². The number of aromatic nitrogens is 2. The fourth-order valence-electron chi connectivity index (χ4n) is 2.51. The quantitative estimate of drug-likeness (QED) is 0.489. The van der Waals surface area contributed by atoms with Gasteiger partial charge in [0.05, 0.1) is 16.4 Å². The topological polar surface area (TPSA) is 70.4 Å². The second-order valence-electron chi connectivity index (χ2n) is 5.98. The number of aromatic hydroxyl groups is 1. The van der Waals surface area contributed by atoms with Crippen molar-refractivity contribution in [2.45, 2.75) is 13.8 Å². The summed E-state index contributed by atoms with van der Waals surface area (Å²) in [5.41, 5.74) is 2.25. The summed E-state index contributed by atoms with van der Waals surface area (Å²) in [7, 11) is 0. The largest absolute Gasteiger partial charge is 0.494 e. The lowest BCUT2D eigenvalue weighted by atomic mass is 10.1. The predicted molar refractivity (Wildman–Crippen MR) is 107 cm³/mol. The lowest BCUT2D eigenvalue weighted by molar-refractivity contribution is 0.432. The van der Waals surface area contributed by atoms with Gasteiger partial charge < -0.3 is 5.11 Å². The Morgan fingerprint density at radius 3 is 2.70 bits per heavy atom. The van der Waals surface area contributed by atoms with Gasteiger partial charge in [0.1, 0.15) is 11.4 Å². The van der Waals surface area contributed by atoms with Gasteiger partial charge in [-0.2, -0.15) is 0 Å². The van der Waals surface area contributed by atoms with Gasteiger partial charge in [0.15, 0.2) is 4.77 Å². The molecule has 27 heavy (non-hydrogen) atoms. The van der Waals surface area contributed by atoms with Crippen molar-refractivity contribution in [2.75, 3.05) is 0 Å². The number of aliphatic imine (C=N–C) groups is 1. The molecule has 0 unspecified atom stereocenters. The highest BCUT2D eigenvalue weighted by Crippen LogP contribution is 2.24. The standard InChI is InChI=1S/C19H15ClFN3O2S/c1-10-3-4-11(2)16(7-10)22-9-13-17(25)23-19(27)24(18(13)26)12-5-6-15(21)14(20)8-12/h3-9,26H,1-2H3,(H,23,25,27). The van der Waals surface area contributed by atoms with Crippen LogP contribution >= 0.6 is 23.8 Å². The summed E-state index contributed by atoms with van der Waals surface area (Å²) < 4.78 is 14.6. The molecular formula is C19H15ClFN3O2S. The average molecular weight is 404 g/mol. The highest BCUT2D eigenvalue weighted by molar-refractivity contribution is 7.71. The maximum absolute atomic E-state index is 13.4. The first-order valence-electron chi connectivity index (χ1n) is 7.93. The summed E-state index contributed by atoms with van der Waals surface area (Å²) in [5, 5.41) is 10.5. The van der Waals surface area contributed by atoms with E-state index in [0.29, 0.717) is 11.4 Å². The molecule has 0 aliphatic carbocycles. The highest BCUT2D eigenvalue weighted by Gasteiger charge is 2.14. The number of aromatic amines is 1. The zero-order chi connectivity index (χ0) is 19.7. The average Bonchev–Trinajstić information content (AvgIpc) is 2.60. The Balaban J connectivity index is 2.16. The van der Waals surface area contributed by atoms with Gasteiger partial charge in [0.25, 0.3) is 5.56 Å². The summed E-state index contributed by atoms with van der Waals surface area (Å²) in [6.07, 6.45) is 1.27. The molecule has 0 aliphatic rings. The number of nitrogens with one attached hydrogen (secondary N) is 1. The molecule has 0 spiro atoms. The van der Waals surface area contributed by atoms with Crippen LogP contribution in [0.15, 0.2) is 46.2 Å². The van der Waals surface area contributed by atoms with Crippen LogP contribution in [0.1, 0.15) is 16.7 Å². The van der Waals surface area contributed by atoms with Gasteiger partial charge in [-0.05, 0) is 61.5 Å². The Morgan fingerprint density at radius 2 is 2.00 bits per heavy atom. The van der Waals surface area contributed by atoms with Crippen molar-refractivity contribution in [1.82, 2.24) is 9.55 Å². The van der Waals surface area contributed by atoms with E-state index in [1.54, 1.807) is 0 Å². The first-order valence-corrected chi connectivity index (χ1v) is 8.71. The lowest BCUT2D eigenvalue weighted by Gasteiger charge is -2.11. The van der Waals surface area contributed by atoms with E-state index < -0.39 is 17.3 Å². The Labute approximate surface area is 164 Å². The van der Waals surface area contributed by atoms with Gasteiger partial charge in [0.2, 0.25) is 5.88 Å². The molecule has 0 atom stereocenters. The number of rotatable bonds is 3. The van der Waals surface area contributed by atoms with E-state index in [1.165, 1.54) is 22.9 Å². The van der Waals surface area contributed by atoms with Crippen LogP contribution in [0.5, 0.6) is 5.88 Å². The molecule has 0 radical (unpaired) electrons. The molecule has 0 saturated carbocycles. The number of hydrogen-bond acceptors (Lipinski definition) is 4. The van der Waals surface area contributed by atoms with Gasteiger partial charge in [-0.25, -0.2) is 4.39 Å². The summed E-state index contributed by atoms with van der Waals surface area (Å²) in [6, 6.07) is 9.58. The number of benzene rings is 2. The first-order chi connectivity index (χ1) is 12.8. The van der Waals surface area contributed by atoms with E-state index >= 15 is 0 Å². The number of nitrogens with zero attached hydrogens (tertiary/aromatic N) is 2. The van der Waals surface area contributed by atoms with E-state index in [4.69, 9.17) is 23.8 Å². The van der Waals surface area contributed by atoms with E-state index in [9.17, 15) is 14.3 Å². The molecule has 1 aromatic heterocycles. The molecule has 0 aliphatic heterocycles. The molecular weight excluding hydrogens is 389 g/mol. The molecule has 2 aromatic carbocycles. The van der Waals surface area contributed by atoms with Crippen molar-refractivity contribution in [2.24, 2.45) is 4.99 Å². The van der Waals surface area contributed by atoms with Crippen LogP contribution in [0.3, 0.4) is 0 Å². The first kappa shape index (κ1) is 19.0. The maximum Gasteiger partial charge on any atom is 0.264 e. The SMILES string of the molecule is Cc1ccc(C)c(N=Cc2c(O)n(-c3ccc(F)c(Cl)c3)c(=S)[nH]c2=O)c1. The number of hydrogen-bond donors (Lipinski definition) is 2. The van der Waals surface area contributed by atoms with Crippen LogP contribution in [-0.4, -0.2) is 20.9 Å². The second kappa shape index (κ2) is 7.46. The highest BCUT2D eigenvalue weighted by atomic mass is 35.5. The summed E-state index contributed by atoms with van der Waals surface area (Å²) >= 11 is 10.9.